The number of hydrogen-bond acceptors (Lipinski definition) is 5. The highest BCUT2D eigenvalue weighted by molar-refractivity contribution is 7.25. The molecule has 0 aromatic rings. The summed E-state index contributed by atoms with van der Waals surface area (Å²) < 4.78 is 19.6. The van der Waals surface area contributed by atoms with E-state index in [9.17, 15) is 14.2 Å². The number of carbonyl (C=O) groups is 2. The van der Waals surface area contributed by atoms with E-state index < -0.39 is 5.97 Å². The standard InChI is InChI=1S/C9H13O5P/c1-3-14-9(11)7(2)4-13-5-8(10)6-15-12/h2-6H2,1H3. The van der Waals surface area contributed by atoms with E-state index in [1.54, 1.807) is 6.92 Å². The van der Waals surface area contributed by atoms with Gasteiger partial charge in [0.2, 0.25) is 0 Å². The maximum absolute atomic E-state index is 11.0. The smallest absolute Gasteiger partial charge is 0.335 e. The van der Waals surface area contributed by atoms with E-state index in [1.807, 2.05) is 0 Å². The Hall–Kier alpha value is -1.06. The van der Waals surface area contributed by atoms with Gasteiger partial charge >= 0.3 is 5.97 Å². The van der Waals surface area contributed by atoms with Gasteiger partial charge in [0, 0.05) is 0 Å². The summed E-state index contributed by atoms with van der Waals surface area (Å²) in [6.07, 6.45) is -0.0775. The Bertz CT molecular complexity index is 261. The first-order valence-electron chi connectivity index (χ1n) is 4.35. The van der Waals surface area contributed by atoms with E-state index in [4.69, 9.17) is 4.74 Å². The lowest BCUT2D eigenvalue weighted by atomic mass is 10.3. The van der Waals surface area contributed by atoms with Crippen molar-refractivity contribution in [2.45, 2.75) is 6.92 Å². The molecule has 0 aromatic carbocycles. The van der Waals surface area contributed by atoms with Crippen LogP contribution < -0.4 is 0 Å². The number of Topliss-reactive ketones (excluding diaryl/α,β-unsaturated/α-hetero) is 1. The van der Waals surface area contributed by atoms with Crippen LogP contribution in [0.15, 0.2) is 12.2 Å². The molecule has 0 aliphatic carbocycles. The van der Waals surface area contributed by atoms with Crippen LogP contribution in [0.5, 0.6) is 0 Å². The van der Waals surface area contributed by atoms with Gasteiger partial charge in [0.1, 0.15) is 6.61 Å². The lowest BCUT2D eigenvalue weighted by molar-refractivity contribution is -0.139. The fraction of sp³-hybridized carbons (Fsp3) is 0.556. The summed E-state index contributed by atoms with van der Waals surface area (Å²) in [6.45, 7) is 5.17. The first-order chi connectivity index (χ1) is 7.11. The summed E-state index contributed by atoms with van der Waals surface area (Å²) in [4.78, 5) is 21.8. The Morgan fingerprint density at radius 2 is 2.00 bits per heavy atom. The predicted octanol–water partition coefficient (Wildman–Crippen LogP) is 0.983. The van der Waals surface area contributed by atoms with Crippen LogP contribution in [-0.4, -0.2) is 37.7 Å². The highest BCUT2D eigenvalue weighted by Gasteiger charge is 2.08. The van der Waals surface area contributed by atoms with E-state index in [1.165, 1.54) is 0 Å². The minimum Gasteiger partial charge on any atom is -0.463 e. The Labute approximate surface area is 89.6 Å². The molecule has 0 saturated heterocycles. The second-order valence-corrected chi connectivity index (χ2v) is 3.22. The molecule has 0 bridgehead atoms. The summed E-state index contributed by atoms with van der Waals surface area (Å²) in [5, 5.41) is 0. The monoisotopic (exact) mass is 232 g/mol. The van der Waals surface area contributed by atoms with Gasteiger partial charge in [-0.05, 0) is 6.92 Å². The molecule has 5 nitrogen and oxygen atoms in total. The third kappa shape index (κ3) is 6.94. The molecule has 84 valence electrons. The molecule has 0 heterocycles. The van der Waals surface area contributed by atoms with E-state index >= 15 is 0 Å². The fourth-order valence-corrected chi connectivity index (χ4v) is 0.933. The molecule has 0 aliphatic heterocycles. The Balaban J connectivity index is 3.67. The van der Waals surface area contributed by atoms with Crippen molar-refractivity contribution >= 4 is 20.2 Å². The van der Waals surface area contributed by atoms with Gasteiger partial charge in [0.15, 0.2) is 14.2 Å². The number of ketones is 1. The molecule has 15 heavy (non-hydrogen) atoms. The number of carbonyl (C=O) groups excluding carboxylic acids is 2. The molecule has 6 heteroatoms. The summed E-state index contributed by atoms with van der Waals surface area (Å²) in [6, 6.07) is 0. The van der Waals surface area contributed by atoms with Gasteiger partial charge < -0.3 is 9.47 Å². The second kappa shape index (κ2) is 8.26. The molecule has 0 rings (SSSR count). The van der Waals surface area contributed by atoms with E-state index in [0.29, 0.717) is 0 Å². The zero-order chi connectivity index (χ0) is 11.7. The van der Waals surface area contributed by atoms with Crippen LogP contribution in [0.3, 0.4) is 0 Å². The van der Waals surface area contributed by atoms with E-state index in [2.05, 4.69) is 11.3 Å². The van der Waals surface area contributed by atoms with Crippen LogP contribution in [0.25, 0.3) is 0 Å². The minimum atomic E-state index is -0.535. The van der Waals surface area contributed by atoms with Crippen molar-refractivity contribution < 1.29 is 23.6 Å². The lowest BCUT2D eigenvalue weighted by Crippen LogP contribution is -2.15. The fourth-order valence-electron chi connectivity index (χ4n) is 0.698. The molecule has 0 aromatic heterocycles. The van der Waals surface area contributed by atoms with Crippen molar-refractivity contribution in [1.29, 1.82) is 0 Å². The maximum atomic E-state index is 11.0. The van der Waals surface area contributed by atoms with Gasteiger partial charge in [0.25, 0.3) is 0 Å². The molecule has 0 fully saturated rings. The molecular weight excluding hydrogens is 219 g/mol. The van der Waals surface area contributed by atoms with Crippen LogP contribution in [0, 0.1) is 0 Å². The van der Waals surface area contributed by atoms with E-state index in [-0.39, 0.29) is 45.8 Å². The molecule has 0 saturated carbocycles. The molecule has 0 aliphatic rings. The summed E-state index contributed by atoms with van der Waals surface area (Å²) in [5.41, 5.74) is 0.157. The normalized spacial score (nSPS) is 9.93. The number of esters is 1. The van der Waals surface area contributed by atoms with Crippen LogP contribution in [0.1, 0.15) is 6.92 Å². The third-order valence-corrected chi connectivity index (χ3v) is 1.83. The largest absolute Gasteiger partial charge is 0.463 e. The zero-order valence-electron chi connectivity index (χ0n) is 8.52. The zero-order valence-corrected chi connectivity index (χ0v) is 9.42. The highest BCUT2D eigenvalue weighted by Crippen LogP contribution is 1.97. The topological polar surface area (TPSA) is 69.7 Å². The van der Waals surface area contributed by atoms with Gasteiger partial charge in [0.05, 0.1) is 24.9 Å². The van der Waals surface area contributed by atoms with Crippen molar-refractivity contribution in [3.8, 4) is 0 Å². The van der Waals surface area contributed by atoms with Gasteiger partial charge in [-0.15, -0.1) is 0 Å². The number of hydrogen-bond donors (Lipinski definition) is 0. The number of ether oxygens (including phenoxy) is 2. The minimum absolute atomic E-state index is 0.0552. The molecule has 0 radical (unpaired) electrons. The van der Waals surface area contributed by atoms with Crippen LogP contribution >= 0.6 is 8.46 Å². The highest BCUT2D eigenvalue weighted by atomic mass is 31.1. The molecule has 0 unspecified atom stereocenters. The van der Waals surface area contributed by atoms with Crippen molar-refractivity contribution in [2.75, 3.05) is 26.0 Å². The Morgan fingerprint density at radius 1 is 1.33 bits per heavy atom. The van der Waals surface area contributed by atoms with Gasteiger partial charge in [-0.1, -0.05) is 6.58 Å². The first-order valence-corrected chi connectivity index (χ1v) is 5.35. The molecule has 0 amide bonds. The van der Waals surface area contributed by atoms with Crippen molar-refractivity contribution in [1.82, 2.24) is 0 Å². The quantitative estimate of drug-likeness (QED) is 0.354. The Kier molecular flexibility index (Phi) is 7.68. The summed E-state index contributed by atoms with van der Waals surface area (Å²) in [7, 11) is -0.232. The van der Waals surface area contributed by atoms with E-state index in [0.717, 1.165) is 0 Å². The predicted molar refractivity (Wildman–Crippen MR) is 54.1 cm³/mol. The summed E-state index contributed by atoms with van der Waals surface area (Å²) >= 11 is 0. The van der Waals surface area contributed by atoms with Gasteiger partial charge in [-0.3, -0.25) is 9.36 Å². The Morgan fingerprint density at radius 3 is 2.53 bits per heavy atom. The van der Waals surface area contributed by atoms with Crippen molar-refractivity contribution in [2.24, 2.45) is 0 Å². The van der Waals surface area contributed by atoms with Crippen LogP contribution in [-0.2, 0) is 23.6 Å². The van der Waals surface area contributed by atoms with Gasteiger partial charge in [-0.2, -0.15) is 0 Å². The molecular formula is C9H13O5P. The SMILES string of the molecule is C=C(COCC(=O)CP=O)C(=O)OCC. The summed E-state index contributed by atoms with van der Waals surface area (Å²) in [5.74, 6) is -0.824. The maximum Gasteiger partial charge on any atom is 0.335 e. The molecule has 0 atom stereocenters. The lowest BCUT2D eigenvalue weighted by Gasteiger charge is -2.05. The van der Waals surface area contributed by atoms with Crippen molar-refractivity contribution in [3.63, 3.8) is 0 Å². The van der Waals surface area contributed by atoms with Crippen LogP contribution in [0.4, 0.5) is 0 Å². The van der Waals surface area contributed by atoms with Crippen molar-refractivity contribution in [3.05, 3.63) is 12.2 Å². The first kappa shape index (κ1) is 13.9. The molecule has 0 spiro atoms. The second-order valence-electron chi connectivity index (χ2n) is 2.64. The molecule has 0 N–H and O–H groups in total. The third-order valence-electron chi connectivity index (χ3n) is 1.34. The van der Waals surface area contributed by atoms with Gasteiger partial charge in [-0.25, -0.2) is 4.79 Å². The average molecular weight is 232 g/mol. The average Bonchev–Trinajstić information content (AvgIpc) is 2.18. The van der Waals surface area contributed by atoms with Crippen LogP contribution in [0.2, 0.25) is 0 Å². The number of rotatable bonds is 8.